The van der Waals surface area contributed by atoms with Gasteiger partial charge >= 0.3 is 0 Å². The maximum absolute atomic E-state index is 12.3. The second kappa shape index (κ2) is 9.10. The second-order valence-electron chi connectivity index (χ2n) is 6.29. The number of aromatic nitrogens is 1. The fraction of sp³-hybridized carbons (Fsp3) is 0.136. The second-order valence-corrected chi connectivity index (χ2v) is 7.35. The van der Waals surface area contributed by atoms with Gasteiger partial charge in [0, 0.05) is 22.7 Å². The van der Waals surface area contributed by atoms with Crippen LogP contribution in [0.15, 0.2) is 66.1 Å². The van der Waals surface area contributed by atoms with Crippen LogP contribution in [-0.4, -0.2) is 22.8 Å². The molecule has 0 aliphatic heterocycles. The summed E-state index contributed by atoms with van der Waals surface area (Å²) in [5.41, 5.74) is 3.51. The fourth-order valence-electron chi connectivity index (χ4n) is 2.53. The maximum Gasteiger partial charge on any atom is 0.246 e. The topological polar surface area (TPSA) is 71.1 Å². The van der Waals surface area contributed by atoms with Crippen molar-refractivity contribution >= 4 is 34.9 Å². The van der Waals surface area contributed by atoms with Gasteiger partial charge in [0.15, 0.2) is 0 Å². The van der Waals surface area contributed by atoms with E-state index >= 15 is 0 Å². The number of hydrogen-bond acceptors (Lipinski definition) is 4. The van der Waals surface area contributed by atoms with Crippen molar-refractivity contribution in [3.8, 4) is 11.3 Å². The zero-order chi connectivity index (χ0) is 19.9. The summed E-state index contributed by atoms with van der Waals surface area (Å²) in [5, 5.41) is 8.49. The molecular weight excluding hydrogens is 370 g/mol. The first-order valence-corrected chi connectivity index (χ1v) is 9.76. The smallest absolute Gasteiger partial charge is 0.246 e. The molecule has 0 aliphatic carbocycles. The lowest BCUT2D eigenvalue weighted by Crippen LogP contribution is -2.40. The molecule has 0 saturated heterocycles. The summed E-state index contributed by atoms with van der Waals surface area (Å²) in [5.74, 6) is -0.598. The van der Waals surface area contributed by atoms with Crippen molar-refractivity contribution in [3.63, 3.8) is 0 Å². The highest BCUT2D eigenvalue weighted by Gasteiger charge is 2.14. The number of thiazole rings is 1. The summed E-state index contributed by atoms with van der Waals surface area (Å²) in [6.45, 7) is 3.61. The predicted octanol–water partition coefficient (Wildman–Crippen LogP) is 4.28. The predicted molar refractivity (Wildman–Crippen MR) is 114 cm³/mol. The molecule has 1 atom stereocenters. The van der Waals surface area contributed by atoms with E-state index in [1.807, 2.05) is 66.9 Å². The van der Waals surface area contributed by atoms with Crippen LogP contribution in [0.4, 0.5) is 5.69 Å². The highest BCUT2D eigenvalue weighted by atomic mass is 32.1. The van der Waals surface area contributed by atoms with Crippen LogP contribution in [0.2, 0.25) is 0 Å². The fourth-order valence-corrected chi connectivity index (χ4v) is 3.16. The average Bonchev–Trinajstić information content (AvgIpc) is 3.14. The lowest BCUT2D eigenvalue weighted by Gasteiger charge is -2.13. The van der Waals surface area contributed by atoms with Crippen LogP contribution >= 0.6 is 11.3 Å². The zero-order valence-corrected chi connectivity index (χ0v) is 16.5. The van der Waals surface area contributed by atoms with Gasteiger partial charge in [-0.25, -0.2) is 4.98 Å². The molecule has 6 heteroatoms. The molecule has 28 heavy (non-hydrogen) atoms. The van der Waals surface area contributed by atoms with Crippen molar-refractivity contribution in [2.24, 2.45) is 0 Å². The van der Waals surface area contributed by atoms with Gasteiger partial charge in [0.2, 0.25) is 11.8 Å². The molecule has 2 N–H and O–H groups in total. The highest BCUT2D eigenvalue weighted by Crippen LogP contribution is 2.23. The zero-order valence-electron chi connectivity index (χ0n) is 15.7. The molecule has 3 rings (SSSR count). The molecule has 5 nitrogen and oxygen atoms in total. The van der Waals surface area contributed by atoms with Crippen molar-refractivity contribution in [2.45, 2.75) is 19.9 Å². The first kappa shape index (κ1) is 19.5. The number of nitrogens with zero attached hydrogens (tertiary/aromatic N) is 1. The summed E-state index contributed by atoms with van der Waals surface area (Å²) in [6, 6.07) is 16.3. The van der Waals surface area contributed by atoms with Crippen LogP contribution in [0.5, 0.6) is 0 Å². The summed E-state index contributed by atoms with van der Waals surface area (Å²) in [4.78, 5) is 28.8. The third kappa shape index (κ3) is 5.37. The van der Waals surface area contributed by atoms with Crippen LogP contribution in [0.3, 0.4) is 0 Å². The Labute approximate surface area is 168 Å². The van der Waals surface area contributed by atoms with Gasteiger partial charge in [-0.05, 0) is 37.6 Å². The molecule has 0 saturated carbocycles. The molecule has 142 valence electrons. The lowest BCUT2D eigenvalue weighted by molar-refractivity contribution is -0.123. The Balaban J connectivity index is 1.53. The number of amides is 2. The van der Waals surface area contributed by atoms with Gasteiger partial charge in [-0.2, -0.15) is 0 Å². The normalized spacial score (nSPS) is 11.9. The van der Waals surface area contributed by atoms with Gasteiger partial charge in [0.25, 0.3) is 0 Å². The Morgan fingerprint density at radius 2 is 1.79 bits per heavy atom. The summed E-state index contributed by atoms with van der Waals surface area (Å²) < 4.78 is 0. The third-order valence-electron chi connectivity index (χ3n) is 4.05. The molecular formula is C22H21N3O2S. The molecule has 0 spiro atoms. The van der Waals surface area contributed by atoms with E-state index in [9.17, 15) is 9.59 Å². The summed E-state index contributed by atoms with van der Waals surface area (Å²) >= 11 is 1.60. The van der Waals surface area contributed by atoms with E-state index in [2.05, 4.69) is 15.6 Å². The number of rotatable bonds is 6. The van der Waals surface area contributed by atoms with Crippen molar-refractivity contribution in [3.05, 3.63) is 76.6 Å². The van der Waals surface area contributed by atoms with Gasteiger partial charge in [-0.15, -0.1) is 11.3 Å². The maximum atomic E-state index is 12.3. The average molecular weight is 391 g/mol. The minimum Gasteiger partial charge on any atom is -0.341 e. The SMILES string of the molecule is Cc1nc(-c2ccc(NC(=O)[C@H](C)NC(=O)/C=C/c3ccccc3)cc2)cs1. The Kier molecular flexibility index (Phi) is 6.34. The Morgan fingerprint density at radius 3 is 2.43 bits per heavy atom. The summed E-state index contributed by atoms with van der Waals surface area (Å²) in [6.07, 6.45) is 3.13. The Morgan fingerprint density at radius 1 is 1.07 bits per heavy atom. The van der Waals surface area contributed by atoms with Gasteiger partial charge in [0.1, 0.15) is 6.04 Å². The van der Waals surface area contributed by atoms with Crippen molar-refractivity contribution in [1.29, 1.82) is 0 Å². The van der Waals surface area contributed by atoms with Crippen molar-refractivity contribution in [1.82, 2.24) is 10.3 Å². The molecule has 2 aromatic carbocycles. The summed E-state index contributed by atoms with van der Waals surface area (Å²) in [7, 11) is 0. The molecule has 0 radical (unpaired) electrons. The lowest BCUT2D eigenvalue weighted by atomic mass is 10.1. The molecule has 0 unspecified atom stereocenters. The van der Waals surface area contributed by atoms with E-state index in [0.717, 1.165) is 21.8 Å². The van der Waals surface area contributed by atoms with Gasteiger partial charge in [0.05, 0.1) is 10.7 Å². The van der Waals surface area contributed by atoms with Crippen LogP contribution in [0.25, 0.3) is 17.3 Å². The molecule has 0 aliphatic rings. The van der Waals surface area contributed by atoms with Crippen LogP contribution in [0.1, 0.15) is 17.5 Å². The molecule has 1 aromatic heterocycles. The molecule has 2 amide bonds. The first-order valence-electron chi connectivity index (χ1n) is 8.88. The van der Waals surface area contributed by atoms with Crippen molar-refractivity contribution in [2.75, 3.05) is 5.32 Å². The van der Waals surface area contributed by atoms with E-state index in [4.69, 9.17) is 0 Å². The Hall–Kier alpha value is -3.25. The quantitative estimate of drug-likeness (QED) is 0.616. The minimum absolute atomic E-state index is 0.279. The third-order valence-corrected chi connectivity index (χ3v) is 4.82. The van der Waals surface area contributed by atoms with Crippen LogP contribution < -0.4 is 10.6 Å². The number of anilines is 1. The van der Waals surface area contributed by atoms with Crippen LogP contribution in [0, 0.1) is 6.92 Å². The number of benzene rings is 2. The molecule has 0 bridgehead atoms. The minimum atomic E-state index is -0.659. The van der Waals surface area contributed by atoms with Gasteiger partial charge < -0.3 is 10.6 Å². The monoisotopic (exact) mass is 391 g/mol. The number of aryl methyl sites for hydroxylation is 1. The highest BCUT2D eigenvalue weighted by molar-refractivity contribution is 7.09. The number of carbonyl (C=O) groups excluding carboxylic acids is 2. The Bertz CT molecular complexity index is 979. The van der Waals surface area contributed by atoms with E-state index in [1.165, 1.54) is 6.08 Å². The van der Waals surface area contributed by atoms with E-state index in [1.54, 1.807) is 24.3 Å². The largest absolute Gasteiger partial charge is 0.341 e. The van der Waals surface area contributed by atoms with Gasteiger partial charge in [-0.1, -0.05) is 42.5 Å². The van der Waals surface area contributed by atoms with Crippen molar-refractivity contribution < 1.29 is 9.59 Å². The van der Waals surface area contributed by atoms with E-state index < -0.39 is 6.04 Å². The molecule has 0 fully saturated rings. The molecule has 3 aromatic rings. The number of nitrogens with one attached hydrogen (secondary N) is 2. The van der Waals surface area contributed by atoms with Crippen LogP contribution in [-0.2, 0) is 9.59 Å². The van der Waals surface area contributed by atoms with E-state index in [0.29, 0.717) is 5.69 Å². The number of carbonyl (C=O) groups is 2. The van der Waals surface area contributed by atoms with Gasteiger partial charge in [-0.3, -0.25) is 9.59 Å². The molecule has 1 heterocycles. The number of hydrogen-bond donors (Lipinski definition) is 2. The standard InChI is InChI=1S/C22H21N3O2S/c1-15(23-21(26)13-8-17-6-4-3-5-7-17)22(27)25-19-11-9-18(10-12-19)20-14-28-16(2)24-20/h3-15H,1-2H3,(H,23,26)(H,25,27)/b13-8+/t15-/m0/s1. The first-order chi connectivity index (χ1) is 13.5. The van der Waals surface area contributed by atoms with E-state index in [-0.39, 0.29) is 11.8 Å².